The predicted octanol–water partition coefficient (Wildman–Crippen LogP) is 1.10. The minimum atomic E-state index is -0.275. The zero-order valence-electron chi connectivity index (χ0n) is 11.1. The molecule has 0 spiro atoms. The number of benzene rings is 1. The average Bonchev–Trinajstić information content (AvgIpc) is 2.86. The third kappa shape index (κ3) is 1.80. The molecule has 0 saturated heterocycles. The molecule has 1 aromatic heterocycles. The Morgan fingerprint density at radius 3 is 2.79 bits per heavy atom. The molecule has 1 amide bonds. The number of aromatic nitrogens is 3. The van der Waals surface area contributed by atoms with E-state index in [0.29, 0.717) is 0 Å². The smallest absolute Gasteiger partial charge is 0.246 e. The fourth-order valence-electron chi connectivity index (χ4n) is 2.43. The number of hydrogen-bond donors (Lipinski definition) is 2. The second kappa shape index (κ2) is 4.17. The van der Waals surface area contributed by atoms with Crippen LogP contribution in [0, 0.1) is 13.8 Å². The molecule has 1 unspecified atom stereocenters. The van der Waals surface area contributed by atoms with Crippen LogP contribution in [-0.2, 0) is 4.79 Å². The first kappa shape index (κ1) is 11.9. The van der Waals surface area contributed by atoms with Gasteiger partial charge in [0.15, 0.2) is 0 Å². The number of likely N-dealkylation sites (N-methyl/N-ethyl adjacent to an activating group) is 1. The normalized spacial score (nSPS) is 17.4. The molecule has 2 heterocycles. The van der Waals surface area contributed by atoms with Gasteiger partial charge in [-0.3, -0.25) is 4.79 Å². The van der Waals surface area contributed by atoms with Crippen molar-refractivity contribution in [1.29, 1.82) is 0 Å². The van der Waals surface area contributed by atoms with Crippen molar-refractivity contribution in [1.82, 2.24) is 20.1 Å². The van der Waals surface area contributed by atoms with Gasteiger partial charge in [0.1, 0.15) is 17.7 Å². The Hall–Kier alpha value is -2.21. The zero-order chi connectivity index (χ0) is 13.6. The molecule has 0 radical (unpaired) electrons. The Kier molecular flexibility index (Phi) is 2.60. The summed E-state index contributed by atoms with van der Waals surface area (Å²) in [5, 5.41) is 10.2. The van der Waals surface area contributed by atoms with Gasteiger partial charge in [-0.1, -0.05) is 6.07 Å². The van der Waals surface area contributed by atoms with E-state index in [-0.39, 0.29) is 11.9 Å². The van der Waals surface area contributed by atoms with E-state index >= 15 is 0 Å². The highest BCUT2D eigenvalue weighted by atomic mass is 16.2. The van der Waals surface area contributed by atoms with Crippen LogP contribution in [0.25, 0.3) is 5.69 Å². The highest BCUT2D eigenvalue weighted by molar-refractivity contribution is 6.02. The maximum Gasteiger partial charge on any atom is 0.246 e. The molecular weight excluding hydrogens is 242 g/mol. The molecule has 1 aliphatic heterocycles. The molecule has 1 aliphatic rings. The van der Waals surface area contributed by atoms with Gasteiger partial charge in [-0.15, -0.1) is 0 Å². The summed E-state index contributed by atoms with van der Waals surface area (Å²) in [6, 6.07) is 5.54. The van der Waals surface area contributed by atoms with Gasteiger partial charge in [0.2, 0.25) is 5.91 Å². The van der Waals surface area contributed by atoms with Crippen LogP contribution in [0.3, 0.4) is 0 Å². The van der Waals surface area contributed by atoms with E-state index in [1.807, 2.05) is 32.0 Å². The summed E-state index contributed by atoms with van der Waals surface area (Å²) in [5.41, 5.74) is 2.69. The van der Waals surface area contributed by atoms with Gasteiger partial charge >= 0.3 is 0 Å². The molecule has 2 N–H and O–H groups in total. The van der Waals surface area contributed by atoms with Gasteiger partial charge in [-0.25, -0.2) is 9.67 Å². The summed E-state index contributed by atoms with van der Waals surface area (Å²) in [4.78, 5) is 16.1. The van der Waals surface area contributed by atoms with Crippen LogP contribution in [-0.4, -0.2) is 27.7 Å². The van der Waals surface area contributed by atoms with Gasteiger partial charge in [0, 0.05) is 11.3 Å². The van der Waals surface area contributed by atoms with E-state index in [9.17, 15) is 4.79 Å². The maximum atomic E-state index is 11.8. The largest absolute Gasteiger partial charge is 0.324 e. The van der Waals surface area contributed by atoms with Crippen LogP contribution in [0.5, 0.6) is 0 Å². The number of nitrogens with zero attached hydrogens (tertiary/aromatic N) is 3. The number of aryl methyl sites for hydroxylation is 2. The summed E-state index contributed by atoms with van der Waals surface area (Å²) >= 11 is 0. The highest BCUT2D eigenvalue weighted by Crippen LogP contribution is 2.32. The van der Waals surface area contributed by atoms with Crippen LogP contribution in [0.15, 0.2) is 18.2 Å². The van der Waals surface area contributed by atoms with Crippen LogP contribution >= 0.6 is 0 Å². The van der Waals surface area contributed by atoms with Crippen molar-refractivity contribution in [2.24, 2.45) is 0 Å². The fourth-order valence-corrected chi connectivity index (χ4v) is 2.43. The van der Waals surface area contributed by atoms with Gasteiger partial charge in [0.05, 0.1) is 5.69 Å². The van der Waals surface area contributed by atoms with Gasteiger partial charge in [-0.05, 0) is 33.0 Å². The summed E-state index contributed by atoms with van der Waals surface area (Å²) in [6.07, 6.45) is 0. The molecule has 19 heavy (non-hydrogen) atoms. The third-order valence-corrected chi connectivity index (χ3v) is 3.28. The molecule has 6 nitrogen and oxygen atoms in total. The molecule has 1 atom stereocenters. The third-order valence-electron chi connectivity index (χ3n) is 3.28. The molecule has 0 fully saturated rings. The van der Waals surface area contributed by atoms with Crippen molar-refractivity contribution in [2.45, 2.75) is 19.9 Å². The monoisotopic (exact) mass is 257 g/mol. The molecular formula is C13H15N5O. The standard InChI is InChI=1S/C13H15N5O/c1-7-15-8(2)18(17-7)9-4-5-10-11(6-9)16-13(19)12(10)14-3/h4-6,12,14H,1-3H3,(H,16,19). The first-order chi connectivity index (χ1) is 9.10. The van der Waals surface area contributed by atoms with Crippen molar-refractivity contribution >= 4 is 11.6 Å². The first-order valence-corrected chi connectivity index (χ1v) is 6.13. The zero-order valence-corrected chi connectivity index (χ0v) is 11.1. The predicted molar refractivity (Wildman–Crippen MR) is 71.3 cm³/mol. The van der Waals surface area contributed by atoms with Crippen molar-refractivity contribution in [3.63, 3.8) is 0 Å². The van der Waals surface area contributed by atoms with E-state index < -0.39 is 0 Å². The summed E-state index contributed by atoms with van der Waals surface area (Å²) in [5.74, 6) is 1.53. The highest BCUT2D eigenvalue weighted by Gasteiger charge is 2.29. The molecule has 0 saturated carbocycles. The van der Waals surface area contributed by atoms with Crippen molar-refractivity contribution in [3.8, 4) is 5.69 Å². The number of carbonyl (C=O) groups is 1. The van der Waals surface area contributed by atoms with E-state index in [1.165, 1.54) is 0 Å². The van der Waals surface area contributed by atoms with Crippen LogP contribution in [0.4, 0.5) is 5.69 Å². The van der Waals surface area contributed by atoms with Crippen LogP contribution in [0.2, 0.25) is 0 Å². The number of fused-ring (bicyclic) bond motifs is 1. The number of anilines is 1. The maximum absolute atomic E-state index is 11.8. The van der Waals surface area contributed by atoms with Crippen LogP contribution in [0.1, 0.15) is 23.3 Å². The lowest BCUT2D eigenvalue weighted by Gasteiger charge is -2.08. The van der Waals surface area contributed by atoms with Gasteiger partial charge in [-0.2, -0.15) is 5.10 Å². The second-order valence-corrected chi connectivity index (χ2v) is 4.60. The minimum absolute atomic E-state index is 0.0267. The van der Waals surface area contributed by atoms with Crippen molar-refractivity contribution in [2.75, 3.05) is 12.4 Å². The quantitative estimate of drug-likeness (QED) is 0.845. The number of amides is 1. The average molecular weight is 257 g/mol. The molecule has 0 bridgehead atoms. The van der Waals surface area contributed by atoms with Gasteiger partial charge < -0.3 is 10.6 Å². The SMILES string of the molecule is CNC1C(=O)Nc2cc(-n3nc(C)nc3C)ccc21. The topological polar surface area (TPSA) is 71.8 Å². The first-order valence-electron chi connectivity index (χ1n) is 6.13. The fraction of sp³-hybridized carbons (Fsp3) is 0.308. The minimum Gasteiger partial charge on any atom is -0.324 e. The Labute approximate surface area is 110 Å². The van der Waals surface area contributed by atoms with E-state index in [2.05, 4.69) is 20.7 Å². The number of carbonyl (C=O) groups excluding carboxylic acids is 1. The van der Waals surface area contributed by atoms with E-state index in [0.717, 1.165) is 28.6 Å². The number of nitrogens with one attached hydrogen (secondary N) is 2. The molecule has 1 aromatic carbocycles. The summed E-state index contributed by atoms with van der Waals surface area (Å²) < 4.78 is 1.77. The van der Waals surface area contributed by atoms with Gasteiger partial charge in [0.25, 0.3) is 0 Å². The number of rotatable bonds is 2. The molecule has 2 aromatic rings. The lowest BCUT2D eigenvalue weighted by atomic mass is 10.1. The van der Waals surface area contributed by atoms with E-state index in [1.54, 1.807) is 11.7 Å². The lowest BCUT2D eigenvalue weighted by Crippen LogP contribution is -2.23. The van der Waals surface area contributed by atoms with Crippen molar-refractivity contribution < 1.29 is 4.79 Å². The second-order valence-electron chi connectivity index (χ2n) is 4.60. The number of hydrogen-bond acceptors (Lipinski definition) is 4. The van der Waals surface area contributed by atoms with E-state index in [4.69, 9.17) is 0 Å². The van der Waals surface area contributed by atoms with Crippen molar-refractivity contribution in [3.05, 3.63) is 35.4 Å². The van der Waals surface area contributed by atoms with Crippen LogP contribution < -0.4 is 10.6 Å². The Morgan fingerprint density at radius 1 is 1.37 bits per heavy atom. The Bertz CT molecular complexity index is 661. The lowest BCUT2D eigenvalue weighted by molar-refractivity contribution is -0.117. The molecule has 3 rings (SSSR count). The summed E-state index contributed by atoms with van der Waals surface area (Å²) in [6.45, 7) is 3.76. The molecule has 0 aliphatic carbocycles. The Balaban J connectivity index is 2.07. The molecule has 6 heteroatoms. The Morgan fingerprint density at radius 2 is 2.16 bits per heavy atom. The summed E-state index contributed by atoms with van der Waals surface area (Å²) in [7, 11) is 1.78. The molecule has 98 valence electrons.